The number of aryl methyl sites for hydroxylation is 2. The molecule has 0 aromatic carbocycles. The molecule has 3 aromatic heterocycles. The molecule has 0 atom stereocenters. The topological polar surface area (TPSA) is 80.0 Å². The van der Waals surface area contributed by atoms with E-state index >= 15 is 0 Å². The Hall–Kier alpha value is -2.01. The molecule has 3 rings (SSSR count). The molecule has 3 heterocycles. The van der Waals surface area contributed by atoms with Crippen molar-refractivity contribution >= 4 is 41.3 Å². The van der Waals surface area contributed by atoms with Gasteiger partial charge in [-0.05, 0) is 31.9 Å². The summed E-state index contributed by atoms with van der Waals surface area (Å²) >= 11 is 1.73. The van der Waals surface area contributed by atoms with Gasteiger partial charge in [0.15, 0.2) is 5.96 Å². The molecule has 0 aliphatic carbocycles. The second kappa shape index (κ2) is 11.1. The molecule has 7 nitrogen and oxygen atoms in total. The van der Waals surface area contributed by atoms with Crippen LogP contribution in [0.5, 0.6) is 0 Å². The van der Waals surface area contributed by atoms with E-state index < -0.39 is 0 Å². The third-order valence-electron chi connectivity index (χ3n) is 4.00. The van der Waals surface area contributed by atoms with Gasteiger partial charge in [0.25, 0.3) is 0 Å². The molecular formula is C19H26IN7S. The highest BCUT2D eigenvalue weighted by Gasteiger charge is 2.04. The zero-order valence-corrected chi connectivity index (χ0v) is 19.5. The van der Waals surface area contributed by atoms with E-state index in [1.165, 1.54) is 4.88 Å². The largest absolute Gasteiger partial charge is 0.357 e. The van der Waals surface area contributed by atoms with Gasteiger partial charge in [-0.3, -0.25) is 4.57 Å². The first-order valence-corrected chi connectivity index (χ1v) is 9.92. The van der Waals surface area contributed by atoms with Gasteiger partial charge in [0.2, 0.25) is 0 Å². The normalized spacial score (nSPS) is 11.2. The lowest BCUT2D eigenvalue weighted by Gasteiger charge is -2.10. The van der Waals surface area contributed by atoms with E-state index in [4.69, 9.17) is 0 Å². The number of hydrogen-bond donors (Lipinski definition) is 2. The Labute approximate surface area is 186 Å². The first-order valence-electron chi connectivity index (χ1n) is 9.10. The minimum absolute atomic E-state index is 0. The molecule has 0 fully saturated rings. The Morgan fingerprint density at radius 2 is 2.00 bits per heavy atom. The standard InChI is InChI=1S/C19H25N7S.HI/c1-4-16-12-23-18(27-16)13-25-19(20-5-2)24-11-15-6-7-17(22-10-15)26-9-8-21-14(26)3;/h6-10,12H,4-5,11,13H2,1-3H3,(H2,20,24,25);1H. The van der Waals surface area contributed by atoms with E-state index in [1.807, 2.05) is 42.2 Å². The fourth-order valence-corrected chi connectivity index (χ4v) is 3.34. The quantitative estimate of drug-likeness (QED) is 0.289. The van der Waals surface area contributed by atoms with Gasteiger partial charge in [0, 0.05) is 36.2 Å². The van der Waals surface area contributed by atoms with Gasteiger partial charge in [0.05, 0.1) is 13.1 Å². The number of rotatable bonds is 7. The van der Waals surface area contributed by atoms with E-state index in [0.29, 0.717) is 13.1 Å². The average Bonchev–Trinajstić information content (AvgIpc) is 3.33. The van der Waals surface area contributed by atoms with Crippen LogP contribution < -0.4 is 10.6 Å². The maximum absolute atomic E-state index is 4.65. The van der Waals surface area contributed by atoms with E-state index in [1.54, 1.807) is 17.5 Å². The number of guanidine groups is 1. The van der Waals surface area contributed by atoms with Crippen LogP contribution in [0.15, 0.2) is 41.9 Å². The minimum atomic E-state index is 0. The molecule has 0 bridgehead atoms. The molecule has 0 aliphatic rings. The lowest BCUT2D eigenvalue weighted by atomic mass is 10.3. The van der Waals surface area contributed by atoms with Crippen LogP contribution in [-0.2, 0) is 19.5 Å². The van der Waals surface area contributed by atoms with Crippen LogP contribution >= 0.6 is 35.3 Å². The lowest BCUT2D eigenvalue weighted by molar-refractivity contribution is 0.810. The van der Waals surface area contributed by atoms with Crippen molar-refractivity contribution < 1.29 is 0 Å². The molecule has 0 spiro atoms. The third kappa shape index (κ3) is 5.99. The first-order chi connectivity index (χ1) is 13.2. The van der Waals surface area contributed by atoms with Crippen LogP contribution in [0.1, 0.15) is 35.1 Å². The average molecular weight is 511 g/mol. The highest BCUT2D eigenvalue weighted by Crippen LogP contribution is 2.13. The second-order valence-electron chi connectivity index (χ2n) is 5.99. The summed E-state index contributed by atoms with van der Waals surface area (Å²) in [5.74, 6) is 2.55. The predicted octanol–water partition coefficient (Wildman–Crippen LogP) is 3.47. The molecule has 0 saturated heterocycles. The molecule has 0 radical (unpaired) electrons. The predicted molar refractivity (Wildman–Crippen MR) is 125 cm³/mol. The zero-order chi connectivity index (χ0) is 19.1. The minimum Gasteiger partial charge on any atom is -0.357 e. The van der Waals surface area contributed by atoms with Crippen molar-refractivity contribution in [3.05, 3.63) is 58.2 Å². The van der Waals surface area contributed by atoms with Gasteiger partial charge < -0.3 is 10.6 Å². The fraction of sp³-hybridized carbons (Fsp3) is 0.368. The smallest absolute Gasteiger partial charge is 0.191 e. The molecule has 0 aliphatic heterocycles. The van der Waals surface area contributed by atoms with Gasteiger partial charge >= 0.3 is 0 Å². The SMILES string of the molecule is CCNC(=NCc1ccc(-n2ccnc2C)nc1)NCc1ncc(CC)s1.I. The van der Waals surface area contributed by atoms with Crippen LogP contribution in [0.2, 0.25) is 0 Å². The van der Waals surface area contributed by atoms with Crippen molar-refractivity contribution in [2.45, 2.75) is 40.3 Å². The highest BCUT2D eigenvalue weighted by atomic mass is 127. The summed E-state index contributed by atoms with van der Waals surface area (Å²) in [6.45, 7) is 8.20. The van der Waals surface area contributed by atoms with Crippen molar-refractivity contribution in [3.63, 3.8) is 0 Å². The summed E-state index contributed by atoms with van der Waals surface area (Å²) in [5.41, 5.74) is 1.05. The van der Waals surface area contributed by atoms with E-state index in [9.17, 15) is 0 Å². The van der Waals surface area contributed by atoms with Gasteiger partial charge in [-0.2, -0.15) is 0 Å². The number of pyridine rings is 1. The van der Waals surface area contributed by atoms with Crippen molar-refractivity contribution in [2.24, 2.45) is 4.99 Å². The number of aliphatic imine (C=N–C) groups is 1. The Morgan fingerprint density at radius 3 is 2.61 bits per heavy atom. The van der Waals surface area contributed by atoms with Crippen LogP contribution in [-0.4, -0.2) is 32.0 Å². The Balaban J connectivity index is 0.00000280. The summed E-state index contributed by atoms with van der Waals surface area (Å²) in [5, 5.41) is 7.68. The maximum Gasteiger partial charge on any atom is 0.191 e. The molecule has 2 N–H and O–H groups in total. The van der Waals surface area contributed by atoms with Crippen LogP contribution in [0.4, 0.5) is 0 Å². The first kappa shape index (κ1) is 22.3. The number of aromatic nitrogens is 4. The summed E-state index contributed by atoms with van der Waals surface area (Å²) < 4.78 is 1.96. The molecule has 9 heteroatoms. The Kier molecular flexibility index (Phi) is 8.84. The third-order valence-corrected chi connectivity index (χ3v) is 5.14. The van der Waals surface area contributed by atoms with Crippen molar-refractivity contribution in [2.75, 3.05) is 6.54 Å². The van der Waals surface area contributed by atoms with Crippen molar-refractivity contribution in [3.8, 4) is 5.82 Å². The molecule has 0 unspecified atom stereocenters. The van der Waals surface area contributed by atoms with Crippen LogP contribution in [0.3, 0.4) is 0 Å². The van der Waals surface area contributed by atoms with Gasteiger partial charge in [-0.15, -0.1) is 35.3 Å². The summed E-state index contributed by atoms with van der Waals surface area (Å²) in [4.78, 5) is 19.1. The van der Waals surface area contributed by atoms with Gasteiger partial charge in [-0.1, -0.05) is 13.0 Å². The van der Waals surface area contributed by atoms with Crippen LogP contribution in [0.25, 0.3) is 5.82 Å². The van der Waals surface area contributed by atoms with E-state index in [0.717, 1.165) is 41.1 Å². The lowest BCUT2D eigenvalue weighted by Crippen LogP contribution is -2.36. The fourth-order valence-electron chi connectivity index (χ4n) is 2.54. The highest BCUT2D eigenvalue weighted by molar-refractivity contribution is 14.0. The summed E-state index contributed by atoms with van der Waals surface area (Å²) in [7, 11) is 0. The van der Waals surface area contributed by atoms with Gasteiger partial charge in [-0.25, -0.2) is 19.9 Å². The number of nitrogens with one attached hydrogen (secondary N) is 2. The second-order valence-corrected chi connectivity index (χ2v) is 7.19. The van der Waals surface area contributed by atoms with E-state index in [2.05, 4.69) is 44.4 Å². The number of nitrogens with zero attached hydrogens (tertiary/aromatic N) is 5. The summed E-state index contributed by atoms with van der Waals surface area (Å²) in [6, 6.07) is 4.03. The molecule has 28 heavy (non-hydrogen) atoms. The zero-order valence-electron chi connectivity index (χ0n) is 16.3. The Morgan fingerprint density at radius 1 is 1.14 bits per heavy atom. The van der Waals surface area contributed by atoms with Crippen LogP contribution in [0, 0.1) is 6.92 Å². The number of thiazole rings is 1. The number of halogens is 1. The number of imidazole rings is 1. The molecule has 150 valence electrons. The monoisotopic (exact) mass is 511 g/mol. The molecular weight excluding hydrogens is 485 g/mol. The summed E-state index contributed by atoms with van der Waals surface area (Å²) in [6.07, 6.45) is 8.51. The molecule has 0 amide bonds. The van der Waals surface area contributed by atoms with E-state index in [-0.39, 0.29) is 24.0 Å². The van der Waals surface area contributed by atoms with Gasteiger partial charge in [0.1, 0.15) is 16.6 Å². The number of hydrogen-bond acceptors (Lipinski definition) is 5. The molecule has 0 saturated carbocycles. The van der Waals surface area contributed by atoms with Crippen molar-refractivity contribution in [1.29, 1.82) is 0 Å². The van der Waals surface area contributed by atoms with Crippen molar-refractivity contribution in [1.82, 2.24) is 30.2 Å². The maximum atomic E-state index is 4.65. The Bertz CT molecular complexity index is 886. The molecule has 3 aromatic rings.